The second-order valence-corrected chi connectivity index (χ2v) is 4.83. The molecular formula is C12H14BrN3O. The van der Waals surface area contributed by atoms with Gasteiger partial charge in [0.2, 0.25) is 11.8 Å². The van der Waals surface area contributed by atoms with Crippen LogP contribution < -0.4 is 5.73 Å². The van der Waals surface area contributed by atoms with E-state index >= 15 is 0 Å². The van der Waals surface area contributed by atoms with Gasteiger partial charge in [-0.2, -0.15) is 0 Å². The highest BCUT2D eigenvalue weighted by molar-refractivity contribution is 9.10. The fraction of sp³-hybridized carbons (Fsp3) is 0.333. The Morgan fingerprint density at radius 1 is 1.29 bits per heavy atom. The first-order valence-corrected chi connectivity index (χ1v) is 6.28. The zero-order valence-corrected chi connectivity index (χ0v) is 11.2. The van der Waals surface area contributed by atoms with E-state index in [1.807, 2.05) is 25.1 Å². The van der Waals surface area contributed by atoms with E-state index in [9.17, 15) is 0 Å². The number of nitrogens with two attached hydrogens (primary N) is 1. The molecule has 4 nitrogen and oxygen atoms in total. The quantitative estimate of drug-likeness (QED) is 0.942. The van der Waals surface area contributed by atoms with Gasteiger partial charge in [0.15, 0.2) is 0 Å². The van der Waals surface area contributed by atoms with Gasteiger partial charge in [-0.25, -0.2) is 0 Å². The molecule has 0 amide bonds. The van der Waals surface area contributed by atoms with Crippen molar-refractivity contribution in [3.8, 4) is 11.5 Å². The summed E-state index contributed by atoms with van der Waals surface area (Å²) in [6.45, 7) is 2.66. The topological polar surface area (TPSA) is 64.9 Å². The minimum Gasteiger partial charge on any atom is -0.421 e. The number of rotatable bonds is 4. The molecule has 90 valence electrons. The number of halogens is 1. The van der Waals surface area contributed by atoms with Crippen LogP contribution in [-0.2, 0) is 6.42 Å². The Labute approximate surface area is 108 Å². The molecule has 2 N–H and O–H groups in total. The molecule has 17 heavy (non-hydrogen) atoms. The average Bonchev–Trinajstić information content (AvgIpc) is 2.73. The third kappa shape index (κ3) is 3.14. The van der Waals surface area contributed by atoms with Crippen LogP contribution in [0.3, 0.4) is 0 Å². The standard InChI is InChI=1S/C12H14BrN3O/c1-8-5-9(7-10(13)6-8)12-16-15-11(17-12)3-2-4-14/h5-7H,2-4,14H2,1H3. The average molecular weight is 296 g/mol. The van der Waals surface area contributed by atoms with Crippen LogP contribution in [0.1, 0.15) is 17.9 Å². The maximum absolute atomic E-state index is 5.58. The van der Waals surface area contributed by atoms with Crippen molar-refractivity contribution in [2.24, 2.45) is 5.73 Å². The fourth-order valence-electron chi connectivity index (χ4n) is 1.58. The lowest BCUT2D eigenvalue weighted by Gasteiger charge is -1.99. The second-order valence-electron chi connectivity index (χ2n) is 3.91. The molecule has 0 bridgehead atoms. The monoisotopic (exact) mass is 295 g/mol. The molecule has 0 aliphatic rings. The Bertz CT molecular complexity index is 490. The van der Waals surface area contributed by atoms with Crippen LogP contribution >= 0.6 is 15.9 Å². The molecule has 2 rings (SSSR count). The van der Waals surface area contributed by atoms with Crippen LogP contribution in [0, 0.1) is 6.92 Å². The van der Waals surface area contributed by atoms with Crippen LogP contribution in [-0.4, -0.2) is 16.7 Å². The predicted molar refractivity (Wildman–Crippen MR) is 69.5 cm³/mol. The molecule has 0 fully saturated rings. The van der Waals surface area contributed by atoms with Gasteiger partial charge >= 0.3 is 0 Å². The number of nitrogens with zero attached hydrogens (tertiary/aromatic N) is 2. The van der Waals surface area contributed by atoms with Gasteiger partial charge in [0.1, 0.15) is 0 Å². The number of aromatic nitrogens is 2. The molecule has 0 radical (unpaired) electrons. The maximum atomic E-state index is 5.58. The van der Waals surface area contributed by atoms with Crippen LogP contribution in [0.2, 0.25) is 0 Å². The summed E-state index contributed by atoms with van der Waals surface area (Å²) >= 11 is 3.45. The lowest BCUT2D eigenvalue weighted by Crippen LogP contribution is -2.00. The maximum Gasteiger partial charge on any atom is 0.247 e. The van der Waals surface area contributed by atoms with Gasteiger partial charge in [0.05, 0.1) is 0 Å². The van der Waals surface area contributed by atoms with Crippen LogP contribution in [0.5, 0.6) is 0 Å². The highest BCUT2D eigenvalue weighted by atomic mass is 79.9. The SMILES string of the molecule is Cc1cc(Br)cc(-c2nnc(CCCN)o2)c1. The Kier molecular flexibility index (Phi) is 3.91. The van der Waals surface area contributed by atoms with Crippen LogP contribution in [0.15, 0.2) is 27.1 Å². The number of hydrogen-bond donors (Lipinski definition) is 1. The lowest BCUT2D eigenvalue weighted by molar-refractivity contribution is 0.499. The first-order valence-electron chi connectivity index (χ1n) is 5.49. The molecular weight excluding hydrogens is 282 g/mol. The molecule has 0 aliphatic carbocycles. The Balaban J connectivity index is 2.24. The van der Waals surface area contributed by atoms with Crippen molar-refractivity contribution in [3.05, 3.63) is 34.1 Å². The Hall–Kier alpha value is -1.20. The second kappa shape index (κ2) is 5.42. The molecule has 0 atom stereocenters. The third-order valence-corrected chi connectivity index (χ3v) is 2.81. The van der Waals surface area contributed by atoms with Crippen molar-refractivity contribution in [3.63, 3.8) is 0 Å². The number of aryl methyl sites for hydroxylation is 2. The highest BCUT2D eigenvalue weighted by Crippen LogP contribution is 2.24. The Morgan fingerprint density at radius 2 is 2.12 bits per heavy atom. The predicted octanol–water partition coefficient (Wildman–Crippen LogP) is 2.70. The summed E-state index contributed by atoms with van der Waals surface area (Å²) in [5.74, 6) is 1.20. The molecule has 0 spiro atoms. The van der Waals surface area contributed by atoms with Crippen molar-refractivity contribution >= 4 is 15.9 Å². The zero-order chi connectivity index (χ0) is 12.3. The minimum atomic E-state index is 0.557. The normalized spacial score (nSPS) is 10.8. The molecule has 5 heteroatoms. The van der Waals surface area contributed by atoms with Crippen LogP contribution in [0.4, 0.5) is 0 Å². The van der Waals surface area contributed by atoms with E-state index < -0.39 is 0 Å². The minimum absolute atomic E-state index is 0.557. The zero-order valence-electron chi connectivity index (χ0n) is 9.61. The van der Waals surface area contributed by atoms with E-state index in [2.05, 4.69) is 26.1 Å². The molecule has 1 aromatic heterocycles. The lowest BCUT2D eigenvalue weighted by atomic mass is 10.1. The highest BCUT2D eigenvalue weighted by Gasteiger charge is 2.09. The molecule has 1 aromatic carbocycles. The van der Waals surface area contributed by atoms with Gasteiger partial charge in [0.25, 0.3) is 0 Å². The molecule has 0 unspecified atom stereocenters. The van der Waals surface area contributed by atoms with Crippen molar-refractivity contribution in [2.75, 3.05) is 6.54 Å². The fourth-order valence-corrected chi connectivity index (χ4v) is 2.19. The summed E-state index contributed by atoms with van der Waals surface area (Å²) < 4.78 is 6.59. The molecule has 0 aliphatic heterocycles. The van der Waals surface area contributed by atoms with Gasteiger partial charge in [-0.05, 0) is 43.7 Å². The van der Waals surface area contributed by atoms with Crippen LogP contribution in [0.25, 0.3) is 11.5 Å². The van der Waals surface area contributed by atoms with E-state index in [4.69, 9.17) is 10.2 Å². The van der Waals surface area contributed by atoms with Crippen molar-refractivity contribution < 1.29 is 4.42 Å². The summed E-state index contributed by atoms with van der Waals surface area (Å²) in [7, 11) is 0. The van der Waals surface area contributed by atoms with Gasteiger partial charge < -0.3 is 10.2 Å². The van der Waals surface area contributed by atoms with Crippen molar-refractivity contribution in [1.82, 2.24) is 10.2 Å². The largest absolute Gasteiger partial charge is 0.421 e. The van der Waals surface area contributed by atoms with Crippen molar-refractivity contribution in [1.29, 1.82) is 0 Å². The summed E-state index contributed by atoms with van der Waals surface area (Å²) in [6, 6.07) is 6.02. The molecule has 0 saturated carbocycles. The Morgan fingerprint density at radius 3 is 2.82 bits per heavy atom. The molecule has 0 saturated heterocycles. The summed E-state index contributed by atoms with van der Waals surface area (Å²) in [6.07, 6.45) is 1.59. The third-order valence-electron chi connectivity index (χ3n) is 2.35. The summed E-state index contributed by atoms with van der Waals surface area (Å²) in [4.78, 5) is 0. The van der Waals surface area contributed by atoms with Gasteiger partial charge in [0, 0.05) is 16.5 Å². The van der Waals surface area contributed by atoms with Gasteiger partial charge in [-0.15, -0.1) is 10.2 Å². The summed E-state index contributed by atoms with van der Waals surface area (Å²) in [5.41, 5.74) is 7.52. The molecule has 2 aromatic rings. The van der Waals surface area contributed by atoms with E-state index in [0.717, 1.165) is 28.4 Å². The smallest absolute Gasteiger partial charge is 0.247 e. The first-order chi connectivity index (χ1) is 8.19. The van der Waals surface area contributed by atoms with E-state index in [1.165, 1.54) is 0 Å². The van der Waals surface area contributed by atoms with E-state index in [0.29, 0.717) is 18.3 Å². The molecule has 1 heterocycles. The van der Waals surface area contributed by atoms with E-state index in [-0.39, 0.29) is 0 Å². The van der Waals surface area contributed by atoms with Gasteiger partial charge in [-0.3, -0.25) is 0 Å². The summed E-state index contributed by atoms with van der Waals surface area (Å²) in [5, 5.41) is 8.05. The number of hydrogen-bond acceptors (Lipinski definition) is 4. The number of benzene rings is 1. The van der Waals surface area contributed by atoms with Gasteiger partial charge in [-0.1, -0.05) is 15.9 Å². The van der Waals surface area contributed by atoms with Crippen molar-refractivity contribution in [2.45, 2.75) is 19.8 Å². The first kappa shape index (κ1) is 12.3. The van der Waals surface area contributed by atoms with E-state index in [1.54, 1.807) is 0 Å².